The molecule has 2 aromatic carbocycles. The first-order valence-corrected chi connectivity index (χ1v) is 12.4. The highest BCUT2D eigenvalue weighted by molar-refractivity contribution is 6.01. The Morgan fingerprint density at radius 2 is 1.94 bits per heavy atom. The number of nitrogens with one attached hydrogen (secondary N) is 1. The standard InChI is InChI=1S/C27H30N4O4/c1-17-7-3-4-8-19(17)29-26(33)27(2)15-30-21-10-6-5-9-20(21)28-24(30)25(32)31(27)14-18-11-12-22-23(13-18)35-16-34-22/h5-6,9-13,17,19H,3-4,7-8,14-16H2,1-2H3,(H,29,33)/t17-,19-,27+/m1/s1. The summed E-state index contributed by atoms with van der Waals surface area (Å²) < 4.78 is 12.9. The van der Waals surface area contributed by atoms with Crippen molar-refractivity contribution < 1.29 is 19.1 Å². The van der Waals surface area contributed by atoms with Gasteiger partial charge in [0.1, 0.15) is 5.54 Å². The van der Waals surface area contributed by atoms with Crippen LogP contribution in [0.2, 0.25) is 0 Å². The molecule has 3 aliphatic rings. The Bertz CT molecular complexity index is 1320. The molecular weight excluding hydrogens is 444 g/mol. The van der Waals surface area contributed by atoms with Crippen LogP contribution in [-0.4, -0.2) is 44.6 Å². The summed E-state index contributed by atoms with van der Waals surface area (Å²) in [6.07, 6.45) is 4.39. The van der Waals surface area contributed by atoms with Gasteiger partial charge in [0, 0.05) is 12.6 Å². The van der Waals surface area contributed by atoms with Gasteiger partial charge in [0.15, 0.2) is 17.3 Å². The van der Waals surface area contributed by atoms with E-state index in [0.29, 0.717) is 29.8 Å². The van der Waals surface area contributed by atoms with Gasteiger partial charge >= 0.3 is 0 Å². The van der Waals surface area contributed by atoms with Gasteiger partial charge in [-0.1, -0.05) is 38.0 Å². The number of rotatable bonds is 4. The molecule has 1 fully saturated rings. The Kier molecular flexibility index (Phi) is 5.20. The second-order valence-electron chi connectivity index (χ2n) is 10.2. The number of aromatic nitrogens is 2. The zero-order chi connectivity index (χ0) is 24.2. The summed E-state index contributed by atoms with van der Waals surface area (Å²) in [6.45, 7) is 4.86. The lowest BCUT2D eigenvalue weighted by Crippen LogP contribution is -2.65. The number of hydrogen-bond donors (Lipinski definition) is 1. The summed E-state index contributed by atoms with van der Waals surface area (Å²) in [5.74, 6) is 1.76. The van der Waals surface area contributed by atoms with Crippen LogP contribution in [0, 0.1) is 5.92 Å². The molecule has 8 nitrogen and oxygen atoms in total. The van der Waals surface area contributed by atoms with Crippen molar-refractivity contribution in [1.29, 1.82) is 0 Å². The largest absolute Gasteiger partial charge is 0.454 e. The Hall–Kier alpha value is -3.55. The Morgan fingerprint density at radius 1 is 1.14 bits per heavy atom. The van der Waals surface area contributed by atoms with Gasteiger partial charge in [-0.25, -0.2) is 4.98 Å². The van der Waals surface area contributed by atoms with Crippen LogP contribution in [0.3, 0.4) is 0 Å². The molecule has 2 aliphatic heterocycles. The molecule has 0 spiro atoms. The van der Waals surface area contributed by atoms with Crippen LogP contribution in [0.15, 0.2) is 42.5 Å². The maximum absolute atomic E-state index is 14.0. The van der Waals surface area contributed by atoms with E-state index in [1.807, 2.05) is 54.0 Å². The van der Waals surface area contributed by atoms with Gasteiger partial charge in [-0.3, -0.25) is 9.59 Å². The molecule has 1 N–H and O–H groups in total. The van der Waals surface area contributed by atoms with Gasteiger partial charge in [-0.05, 0) is 55.5 Å². The summed E-state index contributed by atoms with van der Waals surface area (Å²) in [7, 11) is 0. The lowest BCUT2D eigenvalue weighted by Gasteiger charge is -2.44. The molecule has 1 aromatic heterocycles. The lowest BCUT2D eigenvalue weighted by atomic mass is 9.85. The van der Waals surface area contributed by atoms with Gasteiger partial charge in [-0.2, -0.15) is 0 Å². The van der Waals surface area contributed by atoms with E-state index in [-0.39, 0.29) is 31.2 Å². The number of nitrogens with zero attached hydrogens (tertiary/aromatic N) is 3. The van der Waals surface area contributed by atoms with Crippen molar-refractivity contribution in [2.75, 3.05) is 6.79 Å². The first-order chi connectivity index (χ1) is 16.9. The molecule has 6 rings (SSSR count). The van der Waals surface area contributed by atoms with Crippen LogP contribution in [0.25, 0.3) is 11.0 Å². The third-order valence-corrected chi connectivity index (χ3v) is 7.85. The van der Waals surface area contributed by atoms with E-state index in [1.54, 1.807) is 4.90 Å². The van der Waals surface area contributed by atoms with Crippen LogP contribution in [0.1, 0.15) is 55.7 Å². The van der Waals surface area contributed by atoms with E-state index in [2.05, 4.69) is 17.2 Å². The van der Waals surface area contributed by atoms with Gasteiger partial charge in [-0.15, -0.1) is 0 Å². The third kappa shape index (κ3) is 3.63. The number of carbonyl (C=O) groups excluding carboxylic acids is 2. The fourth-order valence-corrected chi connectivity index (χ4v) is 5.65. The maximum atomic E-state index is 14.0. The Labute approximate surface area is 204 Å². The van der Waals surface area contributed by atoms with E-state index in [0.717, 1.165) is 35.9 Å². The van der Waals surface area contributed by atoms with Gasteiger partial charge in [0.25, 0.3) is 5.91 Å². The van der Waals surface area contributed by atoms with Crippen LogP contribution in [-0.2, 0) is 17.9 Å². The quantitative estimate of drug-likeness (QED) is 0.620. The zero-order valence-electron chi connectivity index (χ0n) is 20.1. The van der Waals surface area contributed by atoms with Crippen molar-refractivity contribution >= 4 is 22.8 Å². The number of ether oxygens (including phenoxy) is 2. The average Bonchev–Trinajstić information content (AvgIpc) is 3.47. The Morgan fingerprint density at radius 3 is 2.80 bits per heavy atom. The maximum Gasteiger partial charge on any atom is 0.291 e. The van der Waals surface area contributed by atoms with E-state index in [4.69, 9.17) is 9.47 Å². The molecule has 0 unspecified atom stereocenters. The molecule has 3 aromatic rings. The molecule has 182 valence electrons. The number of para-hydroxylation sites is 2. The van der Waals surface area contributed by atoms with Crippen molar-refractivity contribution in [3.8, 4) is 11.5 Å². The van der Waals surface area contributed by atoms with E-state index < -0.39 is 5.54 Å². The normalized spacial score (nSPS) is 25.5. The van der Waals surface area contributed by atoms with Crippen molar-refractivity contribution in [2.24, 2.45) is 5.92 Å². The summed E-state index contributed by atoms with van der Waals surface area (Å²) in [5.41, 5.74) is 1.41. The van der Waals surface area contributed by atoms with Crippen LogP contribution in [0.4, 0.5) is 0 Å². The van der Waals surface area contributed by atoms with E-state index >= 15 is 0 Å². The predicted molar refractivity (Wildman–Crippen MR) is 130 cm³/mol. The van der Waals surface area contributed by atoms with Crippen molar-refractivity contribution in [2.45, 2.75) is 64.2 Å². The number of fused-ring (bicyclic) bond motifs is 4. The first-order valence-electron chi connectivity index (χ1n) is 12.4. The van der Waals surface area contributed by atoms with Crippen molar-refractivity contribution in [1.82, 2.24) is 19.8 Å². The third-order valence-electron chi connectivity index (χ3n) is 7.85. The number of imidazole rings is 1. The molecule has 1 saturated carbocycles. The summed E-state index contributed by atoms with van der Waals surface area (Å²) in [6, 6.07) is 13.5. The smallest absolute Gasteiger partial charge is 0.291 e. The van der Waals surface area contributed by atoms with Gasteiger partial charge < -0.3 is 24.3 Å². The number of amides is 2. The van der Waals surface area contributed by atoms with Crippen molar-refractivity contribution in [3.05, 3.63) is 53.9 Å². The minimum absolute atomic E-state index is 0.117. The molecule has 2 amide bonds. The molecule has 1 aliphatic carbocycles. The molecular formula is C27H30N4O4. The van der Waals surface area contributed by atoms with Gasteiger partial charge in [0.2, 0.25) is 12.7 Å². The SMILES string of the molecule is C[C@@H]1CCCC[C@H]1NC(=O)[C@]1(C)Cn2c(nc3ccccc32)C(=O)N1Cc1ccc2c(c1)OCO2. The molecule has 0 radical (unpaired) electrons. The minimum Gasteiger partial charge on any atom is -0.454 e. The average molecular weight is 475 g/mol. The Balaban J connectivity index is 1.39. The fourth-order valence-electron chi connectivity index (χ4n) is 5.65. The number of hydrogen-bond acceptors (Lipinski definition) is 5. The number of benzene rings is 2. The molecule has 8 heteroatoms. The first kappa shape index (κ1) is 21.9. The topological polar surface area (TPSA) is 85.7 Å². The number of carbonyl (C=O) groups is 2. The predicted octanol–water partition coefficient (Wildman–Crippen LogP) is 3.87. The van der Waals surface area contributed by atoms with Crippen LogP contribution in [0.5, 0.6) is 11.5 Å². The fraction of sp³-hybridized carbons (Fsp3) is 0.444. The second-order valence-corrected chi connectivity index (χ2v) is 10.2. The second kappa shape index (κ2) is 8.29. The zero-order valence-corrected chi connectivity index (χ0v) is 20.1. The van der Waals surface area contributed by atoms with Gasteiger partial charge in [0.05, 0.1) is 17.6 Å². The lowest BCUT2D eigenvalue weighted by molar-refractivity contribution is -0.134. The summed E-state index contributed by atoms with van der Waals surface area (Å²) >= 11 is 0. The van der Waals surface area contributed by atoms with E-state index in [1.165, 1.54) is 6.42 Å². The van der Waals surface area contributed by atoms with Crippen molar-refractivity contribution in [3.63, 3.8) is 0 Å². The molecule has 3 atom stereocenters. The summed E-state index contributed by atoms with van der Waals surface area (Å²) in [5, 5.41) is 3.32. The van der Waals surface area contributed by atoms with E-state index in [9.17, 15) is 9.59 Å². The highest BCUT2D eigenvalue weighted by Gasteiger charge is 2.49. The van der Waals surface area contributed by atoms with Crippen LogP contribution >= 0.6 is 0 Å². The highest BCUT2D eigenvalue weighted by atomic mass is 16.7. The molecule has 0 saturated heterocycles. The summed E-state index contributed by atoms with van der Waals surface area (Å²) in [4.78, 5) is 34.2. The molecule has 35 heavy (non-hydrogen) atoms. The molecule has 0 bridgehead atoms. The monoisotopic (exact) mass is 474 g/mol. The van der Waals surface area contributed by atoms with Crippen LogP contribution < -0.4 is 14.8 Å². The highest BCUT2D eigenvalue weighted by Crippen LogP contribution is 2.36. The molecule has 3 heterocycles. The minimum atomic E-state index is -1.08.